The van der Waals surface area contributed by atoms with Gasteiger partial charge in [-0.25, -0.2) is 0 Å². The van der Waals surface area contributed by atoms with Crippen LogP contribution in [-0.2, 0) is 17.8 Å². The number of carbonyl (C=O) groups excluding carboxylic acids is 1. The number of aromatic nitrogens is 1. The van der Waals surface area contributed by atoms with E-state index in [0.717, 1.165) is 0 Å². The Bertz CT molecular complexity index is 437. The predicted molar refractivity (Wildman–Crippen MR) is 60.4 cm³/mol. The Balaban J connectivity index is 2.92. The Labute approximate surface area is 93.7 Å². The molecule has 0 aromatic carbocycles. The van der Waals surface area contributed by atoms with E-state index in [0.29, 0.717) is 25.1 Å². The van der Waals surface area contributed by atoms with Crippen molar-refractivity contribution >= 4 is 5.91 Å². The largest absolute Gasteiger partial charge is 0.503 e. The monoisotopic (exact) mass is 224 g/mol. The molecule has 0 aliphatic heterocycles. The lowest BCUT2D eigenvalue weighted by Crippen LogP contribution is -2.21. The van der Waals surface area contributed by atoms with Gasteiger partial charge >= 0.3 is 0 Å². The molecule has 0 radical (unpaired) electrons. The van der Waals surface area contributed by atoms with Crippen LogP contribution in [0.5, 0.6) is 5.75 Å². The third kappa shape index (κ3) is 2.62. The fourth-order valence-corrected chi connectivity index (χ4v) is 1.53. The van der Waals surface area contributed by atoms with Gasteiger partial charge in [0.15, 0.2) is 5.75 Å². The number of carbonyl (C=O) groups is 1. The summed E-state index contributed by atoms with van der Waals surface area (Å²) in [4.78, 5) is 22.3. The molecule has 1 aromatic rings. The molecule has 1 heterocycles. The number of nitrogens with zero attached hydrogens (tertiary/aromatic N) is 1. The van der Waals surface area contributed by atoms with Crippen LogP contribution in [0.2, 0.25) is 0 Å². The second kappa shape index (κ2) is 5.34. The van der Waals surface area contributed by atoms with Crippen LogP contribution in [0.1, 0.15) is 19.0 Å². The zero-order valence-corrected chi connectivity index (χ0v) is 9.49. The molecule has 2 N–H and O–H groups in total. The van der Waals surface area contributed by atoms with Crippen LogP contribution in [0.25, 0.3) is 0 Å². The lowest BCUT2D eigenvalue weighted by molar-refractivity contribution is -0.120. The molecule has 0 saturated heterocycles. The molecule has 0 unspecified atom stereocenters. The highest BCUT2D eigenvalue weighted by Crippen LogP contribution is 2.12. The predicted octanol–water partition coefficient (Wildman–Crippen LogP) is 0.252. The Hall–Kier alpha value is -1.78. The normalized spacial score (nSPS) is 10.1. The van der Waals surface area contributed by atoms with E-state index in [4.69, 9.17) is 0 Å². The first kappa shape index (κ1) is 12.3. The minimum absolute atomic E-state index is 0.0692. The molecule has 0 bridgehead atoms. The van der Waals surface area contributed by atoms with E-state index < -0.39 is 0 Å². The summed E-state index contributed by atoms with van der Waals surface area (Å²) in [6.45, 7) is 2.31. The molecule has 16 heavy (non-hydrogen) atoms. The maximum absolute atomic E-state index is 11.2. The molecular weight excluding hydrogens is 208 g/mol. The Morgan fingerprint density at radius 1 is 1.56 bits per heavy atom. The Morgan fingerprint density at radius 2 is 2.25 bits per heavy atom. The molecule has 1 aromatic heterocycles. The number of hydrogen-bond acceptors (Lipinski definition) is 3. The molecule has 0 aliphatic carbocycles. The SMILES string of the molecule is CCc1c(O)c(=O)ccn1CCC(=O)NC. The Morgan fingerprint density at radius 3 is 2.81 bits per heavy atom. The van der Waals surface area contributed by atoms with Gasteiger partial charge in [0, 0.05) is 32.3 Å². The molecule has 88 valence electrons. The first-order valence-corrected chi connectivity index (χ1v) is 5.22. The Kier molecular flexibility index (Phi) is 4.10. The fourth-order valence-electron chi connectivity index (χ4n) is 1.53. The first-order valence-electron chi connectivity index (χ1n) is 5.22. The average Bonchev–Trinajstić information content (AvgIpc) is 2.30. The van der Waals surface area contributed by atoms with E-state index in [-0.39, 0.29) is 17.1 Å². The quantitative estimate of drug-likeness (QED) is 0.770. The zero-order chi connectivity index (χ0) is 12.1. The summed E-state index contributed by atoms with van der Waals surface area (Å²) in [5.41, 5.74) is 0.185. The number of pyridine rings is 1. The van der Waals surface area contributed by atoms with E-state index in [1.54, 1.807) is 17.8 Å². The number of nitrogens with one attached hydrogen (secondary N) is 1. The highest BCUT2D eigenvalue weighted by Gasteiger charge is 2.08. The molecule has 5 nitrogen and oxygen atoms in total. The highest BCUT2D eigenvalue weighted by atomic mass is 16.3. The molecule has 0 atom stereocenters. The minimum Gasteiger partial charge on any atom is -0.503 e. The molecule has 0 saturated carbocycles. The number of aryl methyl sites for hydroxylation is 1. The van der Waals surface area contributed by atoms with Crippen LogP contribution in [0.15, 0.2) is 17.1 Å². The topological polar surface area (TPSA) is 71.3 Å². The fraction of sp³-hybridized carbons (Fsp3) is 0.455. The van der Waals surface area contributed by atoms with Crippen LogP contribution < -0.4 is 10.7 Å². The van der Waals surface area contributed by atoms with Crippen LogP contribution in [0.3, 0.4) is 0 Å². The van der Waals surface area contributed by atoms with Crippen molar-refractivity contribution in [3.63, 3.8) is 0 Å². The molecular formula is C11H16N2O3. The van der Waals surface area contributed by atoms with Crippen molar-refractivity contribution in [3.8, 4) is 5.75 Å². The summed E-state index contributed by atoms with van der Waals surface area (Å²) >= 11 is 0. The van der Waals surface area contributed by atoms with E-state index in [9.17, 15) is 14.7 Å². The van der Waals surface area contributed by atoms with Gasteiger partial charge in [0.25, 0.3) is 0 Å². The number of hydrogen-bond donors (Lipinski definition) is 2. The summed E-state index contributed by atoms with van der Waals surface area (Å²) in [7, 11) is 1.58. The van der Waals surface area contributed by atoms with Gasteiger partial charge in [0.1, 0.15) is 0 Å². The molecule has 0 aliphatic rings. The standard InChI is InChI=1S/C11H16N2O3/c1-3-8-11(16)9(14)4-6-13(8)7-5-10(15)12-2/h4,6,16H,3,5,7H2,1-2H3,(H,12,15). The van der Waals surface area contributed by atoms with Crippen LogP contribution >= 0.6 is 0 Å². The van der Waals surface area contributed by atoms with Gasteiger partial charge < -0.3 is 15.0 Å². The van der Waals surface area contributed by atoms with Gasteiger partial charge in [-0.3, -0.25) is 9.59 Å². The van der Waals surface area contributed by atoms with Gasteiger partial charge in [-0.15, -0.1) is 0 Å². The maximum Gasteiger partial charge on any atom is 0.223 e. The van der Waals surface area contributed by atoms with Crippen molar-refractivity contribution in [2.24, 2.45) is 0 Å². The van der Waals surface area contributed by atoms with E-state index in [2.05, 4.69) is 5.32 Å². The number of amides is 1. The minimum atomic E-state index is -0.381. The van der Waals surface area contributed by atoms with Gasteiger partial charge in [0.05, 0.1) is 5.69 Å². The van der Waals surface area contributed by atoms with Crippen molar-refractivity contribution in [2.45, 2.75) is 26.3 Å². The summed E-state index contributed by atoms with van der Waals surface area (Å²) in [6.07, 6.45) is 2.48. The lowest BCUT2D eigenvalue weighted by atomic mass is 10.2. The number of aromatic hydroxyl groups is 1. The molecule has 1 rings (SSSR count). The van der Waals surface area contributed by atoms with Crippen molar-refractivity contribution in [1.29, 1.82) is 0 Å². The summed E-state index contributed by atoms with van der Waals surface area (Å²) < 4.78 is 1.73. The molecule has 5 heteroatoms. The summed E-state index contributed by atoms with van der Waals surface area (Å²) in [6, 6.07) is 1.30. The second-order valence-electron chi connectivity index (χ2n) is 3.45. The van der Waals surface area contributed by atoms with Gasteiger partial charge in [-0.2, -0.15) is 0 Å². The lowest BCUT2D eigenvalue weighted by Gasteiger charge is -2.12. The van der Waals surface area contributed by atoms with Crippen molar-refractivity contribution < 1.29 is 9.90 Å². The average molecular weight is 224 g/mol. The van der Waals surface area contributed by atoms with Crippen molar-refractivity contribution in [3.05, 3.63) is 28.2 Å². The van der Waals surface area contributed by atoms with Gasteiger partial charge in [0.2, 0.25) is 11.3 Å². The van der Waals surface area contributed by atoms with Crippen LogP contribution in [0, 0.1) is 0 Å². The molecule has 0 fully saturated rings. The van der Waals surface area contributed by atoms with E-state index in [1.165, 1.54) is 6.07 Å². The zero-order valence-electron chi connectivity index (χ0n) is 9.49. The van der Waals surface area contributed by atoms with Crippen molar-refractivity contribution in [1.82, 2.24) is 9.88 Å². The van der Waals surface area contributed by atoms with Gasteiger partial charge in [-0.1, -0.05) is 6.92 Å². The second-order valence-corrected chi connectivity index (χ2v) is 3.45. The summed E-state index contributed by atoms with van der Waals surface area (Å²) in [5.74, 6) is -0.290. The first-order chi connectivity index (χ1) is 7.60. The smallest absolute Gasteiger partial charge is 0.223 e. The third-order valence-electron chi connectivity index (χ3n) is 2.45. The van der Waals surface area contributed by atoms with Crippen LogP contribution in [0.4, 0.5) is 0 Å². The van der Waals surface area contributed by atoms with E-state index in [1.807, 2.05) is 6.92 Å². The van der Waals surface area contributed by atoms with E-state index >= 15 is 0 Å². The number of rotatable bonds is 4. The van der Waals surface area contributed by atoms with Crippen LogP contribution in [-0.4, -0.2) is 22.6 Å². The van der Waals surface area contributed by atoms with Crippen molar-refractivity contribution in [2.75, 3.05) is 7.05 Å². The van der Waals surface area contributed by atoms with Gasteiger partial charge in [-0.05, 0) is 6.42 Å². The molecule has 1 amide bonds. The summed E-state index contributed by atoms with van der Waals surface area (Å²) in [5, 5.41) is 12.1. The molecule has 0 spiro atoms. The third-order valence-corrected chi connectivity index (χ3v) is 2.45. The highest BCUT2D eigenvalue weighted by molar-refractivity contribution is 5.75. The maximum atomic E-state index is 11.2.